The first-order chi connectivity index (χ1) is 12.6. The van der Waals surface area contributed by atoms with E-state index in [0.29, 0.717) is 19.3 Å². The fourth-order valence-corrected chi connectivity index (χ4v) is 5.34. The molecule has 0 aromatic carbocycles. The molecule has 3 atom stereocenters. The van der Waals surface area contributed by atoms with E-state index < -0.39 is 0 Å². The summed E-state index contributed by atoms with van der Waals surface area (Å²) < 4.78 is 16.3. The maximum atomic E-state index is 12.1. The fourth-order valence-electron chi connectivity index (χ4n) is 5.34. The number of carbonyl (C=O) groups is 2. The molecule has 2 amide bonds. The van der Waals surface area contributed by atoms with E-state index >= 15 is 0 Å². The normalized spacial score (nSPS) is 36.5. The van der Waals surface area contributed by atoms with E-state index in [2.05, 4.69) is 17.1 Å². The van der Waals surface area contributed by atoms with E-state index in [-0.39, 0.29) is 35.9 Å². The van der Waals surface area contributed by atoms with E-state index in [4.69, 9.17) is 14.2 Å². The number of alkyl carbamates (subject to hydrolysis) is 1. The molecule has 8 heteroatoms. The van der Waals surface area contributed by atoms with E-state index in [1.165, 1.54) is 7.11 Å². The molecular weight excluding hydrogens is 338 g/mol. The van der Waals surface area contributed by atoms with Gasteiger partial charge in [0, 0.05) is 32.0 Å². The number of hydrogen-bond acceptors (Lipinski definition) is 6. The van der Waals surface area contributed by atoms with Crippen LogP contribution in [-0.4, -0.2) is 85.2 Å². The summed E-state index contributed by atoms with van der Waals surface area (Å²) in [5, 5.41) is 2.96. The van der Waals surface area contributed by atoms with Gasteiger partial charge in [-0.15, -0.1) is 0 Å². The molecule has 4 saturated heterocycles. The third-order valence-corrected chi connectivity index (χ3v) is 6.67. The van der Waals surface area contributed by atoms with Crippen molar-refractivity contribution in [2.45, 2.75) is 68.8 Å². The molecule has 4 aliphatic rings. The lowest BCUT2D eigenvalue weighted by atomic mass is 9.81. The number of carbonyl (C=O) groups excluding carboxylic acids is 2. The Morgan fingerprint density at radius 3 is 2.46 bits per heavy atom. The zero-order chi connectivity index (χ0) is 18.3. The number of methoxy groups -OCH3 is 1. The molecule has 26 heavy (non-hydrogen) atoms. The number of nitrogens with zero attached hydrogens (tertiary/aromatic N) is 2. The summed E-state index contributed by atoms with van der Waals surface area (Å²) in [5.74, 6) is 0. The highest BCUT2D eigenvalue weighted by molar-refractivity contribution is 5.71. The summed E-state index contributed by atoms with van der Waals surface area (Å²) in [6, 6.07) is 0.735. The van der Waals surface area contributed by atoms with Crippen molar-refractivity contribution < 1.29 is 23.8 Å². The minimum Gasteiger partial charge on any atom is -0.453 e. The lowest BCUT2D eigenvalue weighted by molar-refractivity contribution is -0.0942. The molecule has 3 unspecified atom stereocenters. The van der Waals surface area contributed by atoms with Crippen LogP contribution in [-0.2, 0) is 14.2 Å². The van der Waals surface area contributed by atoms with Crippen LogP contribution in [0, 0.1) is 0 Å². The van der Waals surface area contributed by atoms with Crippen molar-refractivity contribution >= 4 is 12.2 Å². The fraction of sp³-hybridized carbons (Fsp3) is 0.889. The molecular formula is C18H29N3O5. The van der Waals surface area contributed by atoms with Gasteiger partial charge in [0.15, 0.2) is 0 Å². The predicted octanol–water partition coefficient (Wildman–Crippen LogP) is 1.34. The first-order valence-corrected chi connectivity index (χ1v) is 9.74. The van der Waals surface area contributed by atoms with Crippen LogP contribution < -0.4 is 5.32 Å². The number of amides is 2. The number of fused-ring (bicyclic) bond motifs is 2. The van der Waals surface area contributed by atoms with Crippen molar-refractivity contribution in [2.24, 2.45) is 0 Å². The monoisotopic (exact) mass is 367 g/mol. The Bertz CT molecular complexity index is 549. The van der Waals surface area contributed by atoms with Gasteiger partial charge in [0.2, 0.25) is 0 Å². The average molecular weight is 367 g/mol. The first-order valence-electron chi connectivity index (χ1n) is 9.74. The lowest BCUT2D eigenvalue weighted by Gasteiger charge is -2.51. The summed E-state index contributed by atoms with van der Waals surface area (Å²) >= 11 is 0. The van der Waals surface area contributed by atoms with Gasteiger partial charge >= 0.3 is 12.2 Å². The van der Waals surface area contributed by atoms with E-state index in [0.717, 1.165) is 45.2 Å². The number of hydrogen-bond donors (Lipinski definition) is 1. The molecule has 1 N–H and O–H groups in total. The highest BCUT2D eigenvalue weighted by Crippen LogP contribution is 2.38. The number of ether oxygens (including phenoxy) is 3. The maximum absolute atomic E-state index is 12.1. The Hall–Kier alpha value is -1.54. The van der Waals surface area contributed by atoms with Crippen LogP contribution >= 0.6 is 0 Å². The van der Waals surface area contributed by atoms with Gasteiger partial charge in [-0.05, 0) is 19.3 Å². The molecule has 0 saturated carbocycles. The Morgan fingerprint density at radius 1 is 1.23 bits per heavy atom. The third kappa shape index (κ3) is 2.93. The molecule has 8 nitrogen and oxygen atoms in total. The van der Waals surface area contributed by atoms with Gasteiger partial charge in [-0.1, -0.05) is 6.92 Å². The molecule has 0 radical (unpaired) electrons. The molecule has 0 aliphatic carbocycles. The van der Waals surface area contributed by atoms with Gasteiger partial charge in [-0.25, -0.2) is 9.59 Å². The molecule has 4 rings (SSSR count). The van der Waals surface area contributed by atoms with Gasteiger partial charge in [0.1, 0.15) is 5.60 Å². The minimum absolute atomic E-state index is 0.0882. The quantitative estimate of drug-likeness (QED) is 0.793. The van der Waals surface area contributed by atoms with Crippen molar-refractivity contribution in [3.05, 3.63) is 0 Å². The van der Waals surface area contributed by atoms with Gasteiger partial charge in [0.25, 0.3) is 0 Å². The summed E-state index contributed by atoms with van der Waals surface area (Å²) in [6.45, 7) is 5.11. The van der Waals surface area contributed by atoms with Crippen molar-refractivity contribution in [3.63, 3.8) is 0 Å². The van der Waals surface area contributed by atoms with Crippen LogP contribution in [0.2, 0.25) is 0 Å². The lowest BCUT2D eigenvalue weighted by Crippen LogP contribution is -2.63. The Balaban J connectivity index is 1.40. The second kappa shape index (κ2) is 6.88. The van der Waals surface area contributed by atoms with Crippen LogP contribution in [0.25, 0.3) is 0 Å². The van der Waals surface area contributed by atoms with Crippen LogP contribution in [0.15, 0.2) is 0 Å². The highest BCUT2D eigenvalue weighted by Gasteiger charge is 2.51. The Morgan fingerprint density at radius 2 is 1.88 bits per heavy atom. The zero-order valence-corrected chi connectivity index (χ0v) is 15.6. The van der Waals surface area contributed by atoms with Crippen molar-refractivity contribution in [1.82, 2.24) is 15.1 Å². The van der Waals surface area contributed by atoms with Crippen molar-refractivity contribution in [2.75, 3.05) is 33.4 Å². The third-order valence-electron chi connectivity index (χ3n) is 6.67. The molecule has 1 spiro atoms. The van der Waals surface area contributed by atoms with Crippen LogP contribution in [0.3, 0.4) is 0 Å². The van der Waals surface area contributed by atoms with Crippen molar-refractivity contribution in [1.29, 1.82) is 0 Å². The number of piperidine rings is 2. The second-order valence-electron chi connectivity index (χ2n) is 7.94. The number of morpholine rings is 1. The van der Waals surface area contributed by atoms with Gasteiger partial charge in [0.05, 0.1) is 38.4 Å². The van der Waals surface area contributed by atoms with Crippen LogP contribution in [0.5, 0.6) is 0 Å². The Kier molecular flexibility index (Phi) is 4.73. The minimum atomic E-state index is -0.339. The predicted molar refractivity (Wildman–Crippen MR) is 92.9 cm³/mol. The van der Waals surface area contributed by atoms with Gasteiger partial charge in [-0.3, -0.25) is 9.80 Å². The summed E-state index contributed by atoms with van der Waals surface area (Å²) in [5.41, 5.74) is -0.339. The summed E-state index contributed by atoms with van der Waals surface area (Å²) in [7, 11) is 1.44. The highest BCUT2D eigenvalue weighted by atomic mass is 16.6. The van der Waals surface area contributed by atoms with Crippen LogP contribution in [0.4, 0.5) is 9.59 Å². The standard InChI is InChI=1S/C18H29N3O5/c1-3-15-18(26-16(22)19-15)4-6-20(7-5-18)12-8-13-10-25-11-14(9-12)21(13)17(23)24-2/h12-15H,3-11H2,1-2H3,(H,19,22). The zero-order valence-electron chi connectivity index (χ0n) is 15.6. The smallest absolute Gasteiger partial charge is 0.410 e. The van der Waals surface area contributed by atoms with Gasteiger partial charge < -0.3 is 19.5 Å². The molecule has 146 valence electrons. The molecule has 4 fully saturated rings. The van der Waals surface area contributed by atoms with E-state index in [9.17, 15) is 9.59 Å². The maximum Gasteiger partial charge on any atom is 0.410 e. The SMILES string of the molecule is CCC1NC(=O)OC12CCN(C1CC3COCC(C1)N3C(=O)OC)CC2. The van der Waals surface area contributed by atoms with Crippen molar-refractivity contribution in [3.8, 4) is 0 Å². The molecule has 4 heterocycles. The largest absolute Gasteiger partial charge is 0.453 e. The number of likely N-dealkylation sites (tertiary alicyclic amines) is 1. The molecule has 0 aromatic rings. The molecule has 2 bridgehead atoms. The first kappa shape index (κ1) is 17.9. The summed E-state index contributed by atoms with van der Waals surface area (Å²) in [4.78, 5) is 28.2. The number of rotatable bonds is 2. The van der Waals surface area contributed by atoms with E-state index in [1.807, 2.05) is 4.90 Å². The molecule has 0 aromatic heterocycles. The van der Waals surface area contributed by atoms with Gasteiger partial charge in [-0.2, -0.15) is 0 Å². The van der Waals surface area contributed by atoms with Crippen LogP contribution in [0.1, 0.15) is 39.0 Å². The Labute approximate surface area is 154 Å². The number of nitrogens with one attached hydrogen (secondary N) is 1. The average Bonchev–Trinajstić information content (AvgIpc) is 2.95. The van der Waals surface area contributed by atoms with E-state index in [1.54, 1.807) is 0 Å². The topological polar surface area (TPSA) is 80.3 Å². The summed E-state index contributed by atoms with van der Waals surface area (Å²) in [6.07, 6.45) is 3.94. The molecule has 4 aliphatic heterocycles. The second-order valence-corrected chi connectivity index (χ2v) is 7.94.